The van der Waals surface area contributed by atoms with E-state index < -0.39 is 10.0 Å². The number of hydrogen-bond acceptors (Lipinski definition) is 3. The highest BCUT2D eigenvalue weighted by atomic mass is 32.2. The van der Waals surface area contributed by atoms with Gasteiger partial charge in [0.05, 0.1) is 5.75 Å². The Balaban J connectivity index is 2.73. The molecular weight excluding hydrogens is 236 g/mol. The quantitative estimate of drug-likeness (QED) is 0.788. The second-order valence-electron chi connectivity index (χ2n) is 4.65. The van der Waals surface area contributed by atoms with Crippen LogP contribution in [0.1, 0.15) is 26.3 Å². The molecule has 0 radical (unpaired) electrons. The van der Waals surface area contributed by atoms with Gasteiger partial charge in [-0.3, -0.25) is 0 Å². The highest BCUT2D eigenvalue weighted by Gasteiger charge is 2.17. The van der Waals surface area contributed by atoms with Crippen molar-refractivity contribution >= 4 is 15.7 Å². The van der Waals surface area contributed by atoms with Gasteiger partial charge in [-0.2, -0.15) is 0 Å². The molecule has 0 saturated heterocycles. The van der Waals surface area contributed by atoms with Gasteiger partial charge < -0.3 is 5.73 Å². The van der Waals surface area contributed by atoms with Gasteiger partial charge in [0.1, 0.15) is 0 Å². The number of rotatable bonds is 5. The summed E-state index contributed by atoms with van der Waals surface area (Å²) < 4.78 is 26.4. The number of benzene rings is 1. The molecule has 0 aliphatic heterocycles. The van der Waals surface area contributed by atoms with Crippen LogP contribution in [-0.2, 0) is 15.8 Å². The highest BCUT2D eigenvalue weighted by Crippen LogP contribution is 2.11. The average molecular weight is 256 g/mol. The molecule has 0 spiro atoms. The van der Waals surface area contributed by atoms with Crippen molar-refractivity contribution in [1.29, 1.82) is 0 Å². The first-order chi connectivity index (χ1) is 7.80. The topological polar surface area (TPSA) is 72.2 Å². The van der Waals surface area contributed by atoms with Crippen LogP contribution < -0.4 is 10.5 Å². The summed E-state index contributed by atoms with van der Waals surface area (Å²) in [6.45, 7) is 5.82. The molecule has 1 atom stereocenters. The third-order valence-electron chi connectivity index (χ3n) is 2.67. The molecule has 4 nitrogen and oxygen atoms in total. The zero-order valence-corrected chi connectivity index (χ0v) is 11.3. The monoisotopic (exact) mass is 256 g/mol. The van der Waals surface area contributed by atoms with Crippen LogP contribution in [-0.4, -0.2) is 14.5 Å². The molecule has 0 aliphatic rings. The zero-order valence-electron chi connectivity index (χ0n) is 10.5. The van der Waals surface area contributed by atoms with E-state index in [1.165, 1.54) is 0 Å². The second kappa shape index (κ2) is 5.51. The largest absolute Gasteiger partial charge is 0.399 e. The fourth-order valence-corrected chi connectivity index (χ4v) is 2.90. The van der Waals surface area contributed by atoms with Crippen LogP contribution >= 0.6 is 0 Å². The summed E-state index contributed by atoms with van der Waals surface area (Å²) in [5.74, 6) is 0.236. The molecule has 17 heavy (non-hydrogen) atoms. The van der Waals surface area contributed by atoms with Crippen LogP contribution in [0.25, 0.3) is 0 Å². The van der Waals surface area contributed by atoms with E-state index in [9.17, 15) is 8.42 Å². The predicted molar refractivity (Wildman–Crippen MR) is 70.9 cm³/mol. The first kappa shape index (κ1) is 14.0. The van der Waals surface area contributed by atoms with Crippen molar-refractivity contribution in [3.63, 3.8) is 0 Å². The van der Waals surface area contributed by atoms with Crippen molar-refractivity contribution < 1.29 is 8.42 Å². The second-order valence-corrected chi connectivity index (χ2v) is 6.41. The van der Waals surface area contributed by atoms with Crippen LogP contribution in [0.4, 0.5) is 5.69 Å². The van der Waals surface area contributed by atoms with Gasteiger partial charge in [-0.15, -0.1) is 0 Å². The van der Waals surface area contributed by atoms with Gasteiger partial charge in [0.25, 0.3) is 0 Å². The van der Waals surface area contributed by atoms with Crippen LogP contribution in [0.2, 0.25) is 0 Å². The summed E-state index contributed by atoms with van der Waals surface area (Å²) in [5, 5.41) is 0. The summed E-state index contributed by atoms with van der Waals surface area (Å²) in [6, 6.07) is 6.86. The maximum Gasteiger partial charge on any atom is 0.216 e. The fraction of sp³-hybridized carbons (Fsp3) is 0.500. The zero-order chi connectivity index (χ0) is 13.1. The molecule has 0 aromatic heterocycles. The van der Waals surface area contributed by atoms with E-state index in [0.29, 0.717) is 11.3 Å². The molecule has 1 aromatic carbocycles. The minimum Gasteiger partial charge on any atom is -0.399 e. The third kappa shape index (κ3) is 4.75. The van der Waals surface area contributed by atoms with E-state index in [0.717, 1.165) is 0 Å². The molecule has 1 rings (SSSR count). The van der Waals surface area contributed by atoms with E-state index in [1.807, 2.05) is 20.8 Å². The Kier molecular flexibility index (Phi) is 4.54. The van der Waals surface area contributed by atoms with Crippen molar-refractivity contribution in [2.45, 2.75) is 32.6 Å². The Morgan fingerprint density at radius 1 is 1.29 bits per heavy atom. The third-order valence-corrected chi connectivity index (χ3v) is 4.12. The van der Waals surface area contributed by atoms with E-state index in [2.05, 4.69) is 4.72 Å². The Morgan fingerprint density at radius 3 is 2.47 bits per heavy atom. The molecule has 0 saturated carbocycles. The molecule has 0 amide bonds. The van der Waals surface area contributed by atoms with Crippen LogP contribution in [0.5, 0.6) is 0 Å². The normalized spacial score (nSPS) is 13.9. The van der Waals surface area contributed by atoms with E-state index >= 15 is 0 Å². The number of nitrogens with two attached hydrogens (primary N) is 1. The molecule has 1 aromatic rings. The predicted octanol–water partition coefficient (Wildman–Crippen LogP) is 1.73. The molecule has 1 unspecified atom stereocenters. The van der Waals surface area contributed by atoms with E-state index in [1.54, 1.807) is 24.3 Å². The molecule has 5 heteroatoms. The first-order valence-corrected chi connectivity index (χ1v) is 7.30. The molecule has 3 N–H and O–H groups in total. The lowest BCUT2D eigenvalue weighted by Crippen LogP contribution is -2.36. The summed E-state index contributed by atoms with van der Waals surface area (Å²) >= 11 is 0. The van der Waals surface area contributed by atoms with Gasteiger partial charge in [0.2, 0.25) is 10.0 Å². The Labute approximate surface area is 103 Å². The Morgan fingerprint density at radius 2 is 1.94 bits per heavy atom. The number of nitrogens with one attached hydrogen (secondary N) is 1. The summed E-state index contributed by atoms with van der Waals surface area (Å²) in [6.07, 6.45) is 0. The molecule has 0 aliphatic carbocycles. The highest BCUT2D eigenvalue weighted by molar-refractivity contribution is 7.88. The minimum atomic E-state index is -3.30. The molecule has 0 bridgehead atoms. The van der Waals surface area contributed by atoms with Crippen LogP contribution in [0.3, 0.4) is 0 Å². The average Bonchev–Trinajstić information content (AvgIpc) is 2.15. The smallest absolute Gasteiger partial charge is 0.216 e. The molecule has 0 fully saturated rings. The summed E-state index contributed by atoms with van der Waals surface area (Å²) in [7, 11) is -3.30. The Bertz CT molecular complexity index is 469. The maximum absolute atomic E-state index is 11.9. The van der Waals surface area contributed by atoms with Crippen molar-refractivity contribution in [3.05, 3.63) is 29.8 Å². The van der Waals surface area contributed by atoms with Crippen molar-refractivity contribution in [2.24, 2.45) is 5.92 Å². The minimum absolute atomic E-state index is 0.0326. The standard InChI is InChI=1S/C12H20N2O2S/c1-9(2)10(3)14-17(15,16)8-11-5-4-6-12(13)7-11/h4-7,9-10,14H,8,13H2,1-3H3. The number of sulfonamides is 1. The molecule has 0 heterocycles. The summed E-state index contributed by atoms with van der Waals surface area (Å²) in [4.78, 5) is 0. The van der Waals surface area contributed by atoms with Crippen molar-refractivity contribution in [1.82, 2.24) is 4.72 Å². The van der Waals surface area contributed by atoms with Crippen molar-refractivity contribution in [3.8, 4) is 0 Å². The lowest BCUT2D eigenvalue weighted by atomic mass is 10.1. The van der Waals surface area contributed by atoms with Gasteiger partial charge in [-0.05, 0) is 30.5 Å². The van der Waals surface area contributed by atoms with Gasteiger partial charge in [0.15, 0.2) is 0 Å². The number of hydrogen-bond donors (Lipinski definition) is 2. The SMILES string of the molecule is CC(C)C(C)NS(=O)(=O)Cc1cccc(N)c1. The lowest BCUT2D eigenvalue weighted by Gasteiger charge is -2.17. The van der Waals surface area contributed by atoms with E-state index in [4.69, 9.17) is 5.73 Å². The van der Waals surface area contributed by atoms with Crippen molar-refractivity contribution in [2.75, 3.05) is 5.73 Å². The van der Waals surface area contributed by atoms with Crippen LogP contribution in [0, 0.1) is 5.92 Å². The fourth-order valence-electron chi connectivity index (χ4n) is 1.36. The maximum atomic E-state index is 11.9. The number of anilines is 1. The number of nitrogen functional groups attached to an aromatic ring is 1. The van der Waals surface area contributed by atoms with E-state index in [-0.39, 0.29) is 17.7 Å². The van der Waals surface area contributed by atoms with Gasteiger partial charge >= 0.3 is 0 Å². The van der Waals surface area contributed by atoms with Gasteiger partial charge in [-0.1, -0.05) is 26.0 Å². The summed E-state index contributed by atoms with van der Waals surface area (Å²) in [5.41, 5.74) is 6.89. The molecular formula is C12H20N2O2S. The molecule has 96 valence electrons. The van der Waals surface area contributed by atoms with Crippen LogP contribution in [0.15, 0.2) is 24.3 Å². The first-order valence-electron chi connectivity index (χ1n) is 5.64. The van der Waals surface area contributed by atoms with Gasteiger partial charge in [-0.25, -0.2) is 13.1 Å². The van der Waals surface area contributed by atoms with Gasteiger partial charge in [0, 0.05) is 11.7 Å². The Hall–Kier alpha value is -1.07. The lowest BCUT2D eigenvalue weighted by molar-refractivity contribution is 0.476.